The number of nitrogens with one attached hydrogen (secondary N) is 1. The molecule has 7 heteroatoms. The molecule has 4 rings (SSSR count). The second kappa shape index (κ2) is 12.9. The first-order valence-corrected chi connectivity index (χ1v) is 13.8. The van der Waals surface area contributed by atoms with Crippen molar-refractivity contribution >= 4 is 29.3 Å². The maximum atomic E-state index is 13.7. The summed E-state index contributed by atoms with van der Waals surface area (Å²) in [4.78, 5) is 31.4. The van der Waals surface area contributed by atoms with Crippen LogP contribution >= 0.6 is 11.8 Å². The van der Waals surface area contributed by atoms with E-state index in [-0.39, 0.29) is 11.9 Å². The van der Waals surface area contributed by atoms with Crippen LogP contribution in [0.1, 0.15) is 33.9 Å². The lowest BCUT2D eigenvalue weighted by atomic mass is 9.91. The van der Waals surface area contributed by atoms with Crippen molar-refractivity contribution in [1.29, 1.82) is 0 Å². The van der Waals surface area contributed by atoms with E-state index in [2.05, 4.69) is 10.3 Å². The molecule has 6 nitrogen and oxygen atoms in total. The van der Waals surface area contributed by atoms with Crippen LogP contribution in [0.2, 0.25) is 0 Å². The monoisotopic (exact) mass is 525 g/mol. The highest BCUT2D eigenvalue weighted by Gasteiger charge is 2.29. The van der Waals surface area contributed by atoms with Gasteiger partial charge >= 0.3 is 5.97 Å². The first-order chi connectivity index (χ1) is 18.5. The van der Waals surface area contributed by atoms with E-state index in [9.17, 15) is 14.7 Å². The van der Waals surface area contributed by atoms with Gasteiger partial charge in [0.15, 0.2) is 0 Å². The molecule has 0 bridgehead atoms. The zero-order chi connectivity index (χ0) is 26.9. The number of para-hydroxylation sites is 1. The van der Waals surface area contributed by atoms with Crippen LogP contribution < -0.4 is 5.32 Å². The fourth-order valence-corrected chi connectivity index (χ4v) is 4.89. The third kappa shape index (κ3) is 6.42. The molecule has 0 fully saturated rings. The van der Waals surface area contributed by atoms with Crippen LogP contribution in [0.25, 0.3) is 11.1 Å². The number of hydrogen-bond acceptors (Lipinski definition) is 5. The molecule has 38 heavy (non-hydrogen) atoms. The molecule has 4 aromatic rings. The molecule has 194 valence electrons. The number of likely N-dealkylation sites (N-methyl/N-ethyl adjacent to an activating group) is 1. The number of amides is 1. The van der Waals surface area contributed by atoms with Crippen molar-refractivity contribution in [3.05, 3.63) is 120 Å². The molecule has 0 radical (unpaired) electrons. The Balaban J connectivity index is 1.79. The van der Waals surface area contributed by atoms with E-state index in [0.29, 0.717) is 17.7 Å². The molecule has 0 spiro atoms. The smallest absolute Gasteiger partial charge is 0.326 e. The van der Waals surface area contributed by atoms with Crippen LogP contribution in [0.5, 0.6) is 0 Å². The molecule has 1 amide bonds. The zero-order valence-electron chi connectivity index (χ0n) is 21.5. The second-order valence-corrected chi connectivity index (χ2v) is 9.94. The minimum Gasteiger partial charge on any atom is -0.480 e. The Kier molecular flexibility index (Phi) is 9.16. The van der Waals surface area contributed by atoms with Gasteiger partial charge in [-0.2, -0.15) is 11.8 Å². The van der Waals surface area contributed by atoms with Gasteiger partial charge in [-0.05, 0) is 71.0 Å². The minimum absolute atomic E-state index is 0.219. The average molecular weight is 526 g/mol. The number of carbonyl (C=O) groups is 2. The molecule has 1 unspecified atom stereocenters. The molecule has 3 aromatic carbocycles. The summed E-state index contributed by atoms with van der Waals surface area (Å²) in [5.74, 6) is -0.675. The number of carbonyl (C=O) groups excluding carboxylic acids is 1. The number of thioether (sulfide) groups is 1. The lowest BCUT2D eigenvalue weighted by molar-refractivity contribution is -0.142. The molecule has 0 aliphatic heterocycles. The van der Waals surface area contributed by atoms with Gasteiger partial charge in [0.1, 0.15) is 6.04 Å². The number of carboxylic acid groups (broad SMARTS) is 1. The average Bonchev–Trinajstić information content (AvgIpc) is 2.96. The number of rotatable bonds is 11. The summed E-state index contributed by atoms with van der Waals surface area (Å²) in [6.07, 6.45) is 5.88. The molecule has 0 saturated heterocycles. The summed E-state index contributed by atoms with van der Waals surface area (Å²) in [5.41, 5.74) is 4.99. The van der Waals surface area contributed by atoms with Gasteiger partial charge in [-0.15, -0.1) is 0 Å². The molecule has 1 heterocycles. The van der Waals surface area contributed by atoms with E-state index in [0.717, 1.165) is 27.9 Å². The summed E-state index contributed by atoms with van der Waals surface area (Å²) < 4.78 is 0. The Labute approximate surface area is 227 Å². The highest BCUT2D eigenvalue weighted by Crippen LogP contribution is 2.33. The van der Waals surface area contributed by atoms with E-state index < -0.39 is 12.0 Å². The Morgan fingerprint density at radius 3 is 2.29 bits per heavy atom. The van der Waals surface area contributed by atoms with E-state index in [1.54, 1.807) is 31.1 Å². The molecular weight excluding hydrogens is 494 g/mol. The van der Waals surface area contributed by atoms with E-state index in [1.165, 1.54) is 4.90 Å². The van der Waals surface area contributed by atoms with Crippen molar-refractivity contribution in [1.82, 2.24) is 9.88 Å². The van der Waals surface area contributed by atoms with Crippen LogP contribution in [0.3, 0.4) is 0 Å². The molecule has 1 aromatic heterocycles. The number of nitrogens with zero attached hydrogens (tertiary/aromatic N) is 2. The fraction of sp³-hybridized carbons (Fsp3) is 0.194. The highest BCUT2D eigenvalue weighted by atomic mass is 32.2. The van der Waals surface area contributed by atoms with Gasteiger partial charge in [0, 0.05) is 30.7 Å². The summed E-state index contributed by atoms with van der Waals surface area (Å²) in [6.45, 7) is 0. The largest absolute Gasteiger partial charge is 0.480 e. The molecule has 2 N–H and O–H groups in total. The number of carboxylic acids is 1. The zero-order valence-corrected chi connectivity index (χ0v) is 22.3. The lowest BCUT2D eigenvalue weighted by Crippen LogP contribution is -2.43. The van der Waals surface area contributed by atoms with E-state index >= 15 is 0 Å². The van der Waals surface area contributed by atoms with E-state index in [1.807, 2.05) is 97.4 Å². The quantitative estimate of drug-likeness (QED) is 0.242. The maximum absolute atomic E-state index is 13.7. The number of pyridine rings is 1. The van der Waals surface area contributed by atoms with Gasteiger partial charge in [0.2, 0.25) is 0 Å². The van der Waals surface area contributed by atoms with Crippen molar-refractivity contribution in [2.75, 3.05) is 24.4 Å². The maximum Gasteiger partial charge on any atom is 0.326 e. The van der Waals surface area contributed by atoms with Gasteiger partial charge in [-0.3, -0.25) is 9.78 Å². The van der Waals surface area contributed by atoms with Crippen LogP contribution in [0.15, 0.2) is 103 Å². The highest BCUT2D eigenvalue weighted by molar-refractivity contribution is 7.98. The van der Waals surface area contributed by atoms with Crippen LogP contribution in [-0.4, -0.2) is 52.0 Å². The molecule has 0 aliphatic carbocycles. The Morgan fingerprint density at radius 1 is 0.947 bits per heavy atom. The molecule has 2 atom stereocenters. The van der Waals surface area contributed by atoms with Gasteiger partial charge < -0.3 is 15.3 Å². The number of aromatic nitrogens is 1. The first kappa shape index (κ1) is 26.9. The number of benzene rings is 3. The Hall–Kier alpha value is -4.10. The standard InChI is InChI=1S/C31H31N3O3S/c1-34(28(31(36)37)17-19-38-2)30(35)26-16-15-23(20-27(26)22-10-5-3-6-11-22)29(24-12-9-18-32-21-24)33-25-13-7-4-8-14-25/h3-16,18,20-21,28-29,33H,17,19H2,1-2H3,(H,36,37)/t28-,29?/m0/s1. The first-order valence-electron chi connectivity index (χ1n) is 12.4. The molecular formula is C31H31N3O3S. The van der Waals surface area contributed by atoms with Gasteiger partial charge in [-0.25, -0.2) is 4.79 Å². The number of aliphatic carboxylic acids is 1. The fourth-order valence-electron chi connectivity index (χ4n) is 4.44. The number of hydrogen-bond donors (Lipinski definition) is 2. The van der Waals surface area contributed by atoms with Crippen molar-refractivity contribution < 1.29 is 14.7 Å². The normalized spacial score (nSPS) is 12.4. The van der Waals surface area contributed by atoms with Gasteiger partial charge in [0.05, 0.1) is 6.04 Å². The summed E-state index contributed by atoms with van der Waals surface area (Å²) in [6, 6.07) is 28.2. The number of anilines is 1. The topological polar surface area (TPSA) is 82.5 Å². The van der Waals surface area contributed by atoms with Crippen LogP contribution in [0.4, 0.5) is 5.69 Å². The SMILES string of the molecule is CSCC[C@@H](C(=O)O)N(C)C(=O)c1ccc(C(Nc2ccccc2)c2cccnc2)cc1-c1ccccc1. The van der Waals surface area contributed by atoms with Gasteiger partial charge in [-0.1, -0.05) is 60.7 Å². The molecule has 0 aliphatic rings. The Morgan fingerprint density at radius 2 is 1.66 bits per heavy atom. The Bertz CT molecular complexity index is 1350. The lowest BCUT2D eigenvalue weighted by Gasteiger charge is -2.27. The third-order valence-electron chi connectivity index (χ3n) is 6.46. The van der Waals surface area contributed by atoms with Crippen molar-refractivity contribution in [2.24, 2.45) is 0 Å². The summed E-state index contributed by atoms with van der Waals surface area (Å²) in [5, 5.41) is 13.4. The predicted molar refractivity (Wildman–Crippen MR) is 155 cm³/mol. The third-order valence-corrected chi connectivity index (χ3v) is 7.11. The summed E-state index contributed by atoms with van der Waals surface area (Å²) >= 11 is 1.56. The second-order valence-electron chi connectivity index (χ2n) is 8.95. The molecule has 0 saturated carbocycles. The van der Waals surface area contributed by atoms with Crippen LogP contribution in [-0.2, 0) is 4.79 Å². The van der Waals surface area contributed by atoms with Gasteiger partial charge in [0.25, 0.3) is 5.91 Å². The van der Waals surface area contributed by atoms with Crippen molar-refractivity contribution in [3.8, 4) is 11.1 Å². The minimum atomic E-state index is -1.00. The van der Waals surface area contributed by atoms with Crippen molar-refractivity contribution in [2.45, 2.75) is 18.5 Å². The predicted octanol–water partition coefficient (Wildman–Crippen LogP) is 6.23. The van der Waals surface area contributed by atoms with Crippen LogP contribution in [0, 0.1) is 0 Å². The van der Waals surface area contributed by atoms with E-state index in [4.69, 9.17) is 0 Å². The summed E-state index contributed by atoms with van der Waals surface area (Å²) in [7, 11) is 1.57. The van der Waals surface area contributed by atoms with Crippen molar-refractivity contribution in [3.63, 3.8) is 0 Å².